The van der Waals surface area contributed by atoms with Gasteiger partial charge in [-0.05, 0) is 18.1 Å². The van der Waals surface area contributed by atoms with Crippen molar-refractivity contribution >= 4 is 11.4 Å². The van der Waals surface area contributed by atoms with Crippen molar-refractivity contribution in [1.29, 1.82) is 0 Å². The van der Waals surface area contributed by atoms with Crippen LogP contribution in [0.1, 0.15) is 24.1 Å². The van der Waals surface area contributed by atoms with E-state index in [0.717, 1.165) is 16.8 Å². The Morgan fingerprint density at radius 3 is 2.36 bits per heavy atom. The van der Waals surface area contributed by atoms with Crippen molar-refractivity contribution in [1.82, 2.24) is 4.90 Å². The van der Waals surface area contributed by atoms with E-state index < -0.39 is 0 Å². The number of fused-ring (bicyclic) bond motifs is 1. The van der Waals surface area contributed by atoms with Crippen LogP contribution in [0, 0.1) is 10.1 Å². The van der Waals surface area contributed by atoms with E-state index in [0.29, 0.717) is 6.04 Å². The molecule has 2 aliphatic rings. The highest BCUT2D eigenvalue weighted by atomic mass is 16.6. The maximum atomic E-state index is 10.8. The van der Waals surface area contributed by atoms with E-state index >= 15 is 0 Å². The second kappa shape index (κ2) is 4.74. The molecule has 0 amide bonds. The van der Waals surface area contributed by atoms with Crippen molar-refractivity contribution in [3.8, 4) is 0 Å². The molecule has 4 rings (SSSR count). The molecule has 22 heavy (non-hydrogen) atoms. The highest BCUT2D eigenvalue weighted by molar-refractivity contribution is 6.08. The smallest absolute Gasteiger partial charge is 0.269 e. The van der Waals surface area contributed by atoms with Gasteiger partial charge in [0.15, 0.2) is 0 Å². The van der Waals surface area contributed by atoms with Crippen LogP contribution in [0.2, 0.25) is 0 Å². The average molecular weight is 293 g/mol. The molecular formula is C17H15N3O2. The number of rotatable bonds is 3. The molecule has 110 valence electrons. The van der Waals surface area contributed by atoms with Gasteiger partial charge in [0.05, 0.1) is 22.7 Å². The Labute approximate surface area is 128 Å². The summed E-state index contributed by atoms with van der Waals surface area (Å²) >= 11 is 0. The van der Waals surface area contributed by atoms with Gasteiger partial charge < -0.3 is 0 Å². The molecule has 2 heterocycles. The van der Waals surface area contributed by atoms with Crippen LogP contribution in [-0.2, 0) is 0 Å². The molecule has 4 atom stereocenters. The molecule has 2 aromatic carbocycles. The standard InChI is InChI=1S/C17H15N3O2/c1-11-18-15(12-5-3-2-4-6-12)17-16(19(11)17)13-7-9-14(10-8-13)20(21)22/h2-11,16-17H,1H3/t11-,16?,17-,19?/m1/s1. The fourth-order valence-electron chi connectivity index (χ4n) is 3.35. The minimum absolute atomic E-state index is 0.134. The van der Waals surface area contributed by atoms with Gasteiger partial charge in [-0.3, -0.25) is 20.0 Å². The van der Waals surface area contributed by atoms with Gasteiger partial charge in [-0.2, -0.15) is 0 Å². The van der Waals surface area contributed by atoms with E-state index in [1.165, 1.54) is 0 Å². The highest BCUT2D eigenvalue weighted by Gasteiger charge is 2.57. The number of hydrogen-bond acceptors (Lipinski definition) is 4. The number of benzene rings is 2. The van der Waals surface area contributed by atoms with Crippen LogP contribution in [0.3, 0.4) is 0 Å². The highest BCUT2D eigenvalue weighted by Crippen LogP contribution is 2.50. The summed E-state index contributed by atoms with van der Waals surface area (Å²) in [7, 11) is 0. The van der Waals surface area contributed by atoms with Gasteiger partial charge in [0, 0.05) is 12.1 Å². The quantitative estimate of drug-likeness (QED) is 0.496. The molecule has 0 radical (unpaired) electrons. The first-order chi connectivity index (χ1) is 10.7. The molecule has 0 bridgehead atoms. The number of non-ortho nitro benzene ring substituents is 1. The lowest BCUT2D eigenvalue weighted by Gasteiger charge is -2.09. The number of hydrogen-bond donors (Lipinski definition) is 0. The molecule has 0 spiro atoms. The minimum atomic E-state index is -0.364. The van der Waals surface area contributed by atoms with Crippen molar-refractivity contribution < 1.29 is 4.92 Å². The maximum Gasteiger partial charge on any atom is 0.269 e. The summed E-state index contributed by atoms with van der Waals surface area (Å²) < 4.78 is 0. The van der Waals surface area contributed by atoms with Gasteiger partial charge in [-0.25, -0.2) is 0 Å². The first-order valence-electron chi connectivity index (χ1n) is 7.32. The normalized spacial score (nSPS) is 28.9. The lowest BCUT2D eigenvalue weighted by Crippen LogP contribution is -2.09. The zero-order valence-corrected chi connectivity index (χ0v) is 12.1. The van der Waals surface area contributed by atoms with Crippen molar-refractivity contribution in [3.63, 3.8) is 0 Å². The molecule has 2 unspecified atom stereocenters. The lowest BCUT2D eigenvalue weighted by atomic mass is 10.0. The van der Waals surface area contributed by atoms with Crippen LogP contribution in [0.4, 0.5) is 5.69 Å². The molecule has 1 fully saturated rings. The molecule has 0 aromatic heterocycles. The third-order valence-electron chi connectivity index (χ3n) is 4.40. The monoisotopic (exact) mass is 293 g/mol. The molecule has 0 aliphatic carbocycles. The topological polar surface area (TPSA) is 58.5 Å². The summed E-state index contributed by atoms with van der Waals surface area (Å²) in [4.78, 5) is 17.5. The van der Waals surface area contributed by atoms with Gasteiger partial charge in [0.2, 0.25) is 0 Å². The average Bonchev–Trinajstić information content (AvgIpc) is 3.20. The van der Waals surface area contributed by atoms with Gasteiger partial charge in [0.25, 0.3) is 5.69 Å². The molecule has 1 saturated heterocycles. The molecule has 0 saturated carbocycles. The molecule has 2 aromatic rings. The minimum Gasteiger partial charge on any atom is -0.269 e. The number of aliphatic imine (C=N–C) groups is 1. The number of nitro benzene ring substituents is 1. The lowest BCUT2D eigenvalue weighted by molar-refractivity contribution is -0.384. The molecule has 0 N–H and O–H groups in total. The van der Waals surface area contributed by atoms with E-state index in [1.807, 2.05) is 30.3 Å². The van der Waals surface area contributed by atoms with Crippen molar-refractivity contribution in [2.45, 2.75) is 25.2 Å². The predicted octanol–water partition coefficient (Wildman–Crippen LogP) is 3.17. The maximum absolute atomic E-state index is 10.8. The van der Waals surface area contributed by atoms with Crippen LogP contribution in [0.15, 0.2) is 59.6 Å². The summed E-state index contributed by atoms with van der Waals surface area (Å²) in [5, 5.41) is 10.8. The van der Waals surface area contributed by atoms with Gasteiger partial charge in [-0.1, -0.05) is 42.5 Å². The zero-order valence-electron chi connectivity index (χ0n) is 12.1. The summed E-state index contributed by atoms with van der Waals surface area (Å²) in [5.41, 5.74) is 3.53. The van der Waals surface area contributed by atoms with Crippen molar-refractivity contribution in [3.05, 3.63) is 75.8 Å². The van der Waals surface area contributed by atoms with Gasteiger partial charge in [0.1, 0.15) is 6.17 Å². The van der Waals surface area contributed by atoms with E-state index in [2.05, 4.69) is 24.0 Å². The fraction of sp³-hybridized carbons (Fsp3) is 0.235. The van der Waals surface area contributed by atoms with Crippen LogP contribution in [0.5, 0.6) is 0 Å². The molecule has 2 aliphatic heterocycles. The van der Waals surface area contributed by atoms with Crippen molar-refractivity contribution in [2.24, 2.45) is 4.99 Å². The van der Waals surface area contributed by atoms with E-state index in [4.69, 9.17) is 4.99 Å². The SMILES string of the molecule is C[C@@H]1N=C(c2ccccc2)[C@@H]2C(c3ccc([N+](=O)[O-])cc3)N12. The van der Waals surface area contributed by atoms with Gasteiger partial charge >= 0.3 is 0 Å². The van der Waals surface area contributed by atoms with Crippen LogP contribution in [0.25, 0.3) is 0 Å². The van der Waals surface area contributed by atoms with Crippen LogP contribution >= 0.6 is 0 Å². The van der Waals surface area contributed by atoms with E-state index in [9.17, 15) is 10.1 Å². The first kappa shape index (κ1) is 13.2. The largest absolute Gasteiger partial charge is 0.269 e. The number of nitro groups is 1. The third kappa shape index (κ3) is 1.94. The van der Waals surface area contributed by atoms with Crippen LogP contribution in [-0.4, -0.2) is 27.7 Å². The van der Waals surface area contributed by atoms with Crippen molar-refractivity contribution in [2.75, 3.05) is 0 Å². The summed E-state index contributed by atoms with van der Waals surface area (Å²) in [6.07, 6.45) is 0.153. The first-order valence-corrected chi connectivity index (χ1v) is 7.32. The Morgan fingerprint density at radius 2 is 1.73 bits per heavy atom. The Hall–Kier alpha value is -2.53. The molecule has 5 heteroatoms. The number of nitrogens with zero attached hydrogens (tertiary/aromatic N) is 3. The Kier molecular flexibility index (Phi) is 2.84. The third-order valence-corrected chi connectivity index (χ3v) is 4.40. The van der Waals surface area contributed by atoms with Gasteiger partial charge in [-0.15, -0.1) is 0 Å². The Bertz CT molecular complexity index is 755. The Morgan fingerprint density at radius 1 is 1.05 bits per heavy atom. The van der Waals surface area contributed by atoms with Crippen LogP contribution < -0.4 is 0 Å². The molecular weight excluding hydrogens is 278 g/mol. The Balaban J connectivity index is 1.62. The zero-order chi connectivity index (χ0) is 15.3. The second-order valence-electron chi connectivity index (χ2n) is 5.70. The molecule has 5 nitrogen and oxygen atoms in total. The predicted molar refractivity (Wildman–Crippen MR) is 83.9 cm³/mol. The summed E-state index contributed by atoms with van der Waals surface area (Å²) in [6.45, 7) is 2.09. The van der Waals surface area contributed by atoms with E-state index in [1.54, 1.807) is 12.1 Å². The second-order valence-corrected chi connectivity index (χ2v) is 5.70. The summed E-state index contributed by atoms with van der Waals surface area (Å²) in [6, 6.07) is 17.7. The fourth-order valence-corrected chi connectivity index (χ4v) is 3.35. The summed E-state index contributed by atoms with van der Waals surface area (Å²) in [5.74, 6) is 0. The van der Waals surface area contributed by atoms with E-state index in [-0.39, 0.29) is 22.8 Å².